The normalized spacial score (nSPS) is 11.9. The van der Waals surface area contributed by atoms with E-state index >= 15 is 0 Å². The Labute approximate surface area is 98.5 Å². The summed E-state index contributed by atoms with van der Waals surface area (Å²) in [6, 6.07) is 0. The number of rotatable bonds is 11. The molecule has 16 heavy (non-hydrogen) atoms. The summed E-state index contributed by atoms with van der Waals surface area (Å²) in [5.41, 5.74) is 0. The fourth-order valence-corrected chi connectivity index (χ4v) is 1.95. The van der Waals surface area contributed by atoms with E-state index in [1.165, 1.54) is 20.6 Å². The first kappa shape index (κ1) is 16.1. The molecule has 5 nitrogen and oxygen atoms in total. The van der Waals surface area contributed by atoms with Crippen LogP contribution in [0.2, 0.25) is 0 Å². The first-order chi connectivity index (χ1) is 7.68. The predicted molar refractivity (Wildman–Crippen MR) is 64.6 cm³/mol. The summed E-state index contributed by atoms with van der Waals surface area (Å²) in [4.78, 5) is 0. The van der Waals surface area contributed by atoms with Crippen LogP contribution in [0.15, 0.2) is 0 Å². The van der Waals surface area contributed by atoms with Gasteiger partial charge in [0.2, 0.25) is 0 Å². The van der Waals surface area contributed by atoms with E-state index in [9.17, 15) is 4.57 Å². The van der Waals surface area contributed by atoms with E-state index in [1.54, 1.807) is 0 Å². The Kier molecular flexibility index (Phi) is 10.3. The average molecular weight is 253 g/mol. The highest BCUT2D eigenvalue weighted by molar-refractivity contribution is 7.48. The molecule has 0 aromatic carbocycles. The number of unbranched alkanes of at least 4 members (excludes halogenated alkanes) is 3. The van der Waals surface area contributed by atoms with Gasteiger partial charge in [0.05, 0.1) is 6.61 Å². The van der Waals surface area contributed by atoms with E-state index in [1.807, 2.05) is 0 Å². The van der Waals surface area contributed by atoms with E-state index in [0.29, 0.717) is 6.61 Å². The third kappa shape index (κ3) is 8.25. The molecule has 0 rings (SSSR count). The Morgan fingerprint density at radius 2 is 1.69 bits per heavy atom. The molecule has 1 N–H and O–H groups in total. The molecule has 0 fully saturated rings. The molecule has 98 valence electrons. The Bertz CT molecular complexity index is 193. The topological polar surface area (TPSA) is 56.8 Å². The largest absolute Gasteiger partial charge is 0.474 e. The molecule has 0 saturated heterocycles. The fraction of sp³-hybridized carbons (Fsp3) is 1.00. The number of hydrogen-bond acceptors (Lipinski definition) is 5. The first-order valence-corrected chi connectivity index (χ1v) is 7.21. The van der Waals surface area contributed by atoms with Gasteiger partial charge in [-0.25, -0.2) is 4.57 Å². The van der Waals surface area contributed by atoms with E-state index in [0.717, 1.165) is 32.4 Å². The predicted octanol–water partition coefficient (Wildman–Crippen LogP) is 2.57. The van der Waals surface area contributed by atoms with Gasteiger partial charge >= 0.3 is 7.82 Å². The maximum Gasteiger partial charge on any atom is 0.474 e. The zero-order chi connectivity index (χ0) is 12.3. The van der Waals surface area contributed by atoms with Crippen LogP contribution in [0.5, 0.6) is 0 Å². The van der Waals surface area contributed by atoms with Gasteiger partial charge < -0.3 is 5.32 Å². The van der Waals surface area contributed by atoms with Crippen LogP contribution in [0, 0.1) is 0 Å². The van der Waals surface area contributed by atoms with Crippen molar-refractivity contribution in [2.24, 2.45) is 0 Å². The van der Waals surface area contributed by atoms with Crippen LogP contribution in [-0.4, -0.2) is 33.9 Å². The van der Waals surface area contributed by atoms with Crippen LogP contribution in [-0.2, 0) is 18.1 Å². The van der Waals surface area contributed by atoms with Gasteiger partial charge in [-0.1, -0.05) is 19.8 Å². The Morgan fingerprint density at radius 1 is 1.06 bits per heavy atom. The minimum Gasteiger partial charge on any atom is -0.317 e. The lowest BCUT2D eigenvalue weighted by molar-refractivity contribution is 0.150. The van der Waals surface area contributed by atoms with Crippen molar-refractivity contribution in [2.45, 2.75) is 32.6 Å². The highest BCUT2D eigenvalue weighted by Crippen LogP contribution is 2.47. The van der Waals surface area contributed by atoms with Crippen molar-refractivity contribution in [3.8, 4) is 0 Å². The minimum atomic E-state index is -3.26. The van der Waals surface area contributed by atoms with Crippen molar-refractivity contribution < 1.29 is 18.1 Å². The number of nitrogens with one attached hydrogen (secondary N) is 1. The summed E-state index contributed by atoms with van der Waals surface area (Å²) in [5.74, 6) is 0. The van der Waals surface area contributed by atoms with Crippen molar-refractivity contribution in [3.05, 3.63) is 0 Å². The van der Waals surface area contributed by atoms with Crippen molar-refractivity contribution in [1.29, 1.82) is 0 Å². The molecule has 0 atom stereocenters. The van der Waals surface area contributed by atoms with E-state index in [4.69, 9.17) is 4.52 Å². The summed E-state index contributed by atoms with van der Waals surface area (Å²) in [5, 5.41) is 3.27. The molecular formula is C10H24NO4P. The first-order valence-electron chi connectivity index (χ1n) is 5.75. The number of hydrogen-bond donors (Lipinski definition) is 1. The van der Waals surface area contributed by atoms with Gasteiger partial charge in [-0.2, -0.15) is 0 Å². The molecular weight excluding hydrogens is 229 g/mol. The molecule has 0 spiro atoms. The van der Waals surface area contributed by atoms with Crippen LogP contribution >= 0.6 is 7.82 Å². The zero-order valence-electron chi connectivity index (χ0n) is 10.5. The Morgan fingerprint density at radius 3 is 2.25 bits per heavy atom. The second-order valence-electron chi connectivity index (χ2n) is 3.41. The molecule has 0 aliphatic rings. The van der Waals surface area contributed by atoms with Gasteiger partial charge in [0.1, 0.15) is 0 Å². The van der Waals surface area contributed by atoms with Crippen LogP contribution in [0.3, 0.4) is 0 Å². The summed E-state index contributed by atoms with van der Waals surface area (Å²) in [6.45, 7) is 4.60. The summed E-state index contributed by atoms with van der Waals surface area (Å²) in [6.07, 6.45) is 4.27. The Balaban J connectivity index is 3.29. The molecule has 0 unspecified atom stereocenters. The lowest BCUT2D eigenvalue weighted by Gasteiger charge is -2.12. The molecule has 0 aromatic rings. The van der Waals surface area contributed by atoms with Crippen molar-refractivity contribution in [3.63, 3.8) is 0 Å². The summed E-state index contributed by atoms with van der Waals surface area (Å²) >= 11 is 0. The number of phosphoric ester groups is 1. The molecule has 0 heterocycles. The highest BCUT2D eigenvalue weighted by atomic mass is 31.2. The quantitative estimate of drug-likeness (QED) is 0.453. The maximum atomic E-state index is 11.4. The van der Waals surface area contributed by atoms with Crippen LogP contribution < -0.4 is 5.32 Å². The molecule has 0 radical (unpaired) electrons. The fourth-order valence-electron chi connectivity index (χ4n) is 1.24. The summed E-state index contributed by atoms with van der Waals surface area (Å²) < 4.78 is 25.8. The average Bonchev–Trinajstić information content (AvgIpc) is 2.32. The number of phosphoric acid groups is 1. The monoisotopic (exact) mass is 253 g/mol. The molecule has 0 saturated carbocycles. The van der Waals surface area contributed by atoms with Gasteiger partial charge in [0.25, 0.3) is 0 Å². The SMILES string of the molecule is CCNCCCCCCOP(=O)(OC)OC. The lowest BCUT2D eigenvalue weighted by Crippen LogP contribution is -2.13. The van der Waals surface area contributed by atoms with Crippen molar-refractivity contribution in [2.75, 3.05) is 33.9 Å². The molecule has 0 amide bonds. The van der Waals surface area contributed by atoms with Crippen molar-refractivity contribution in [1.82, 2.24) is 5.32 Å². The third-order valence-corrected chi connectivity index (χ3v) is 3.59. The van der Waals surface area contributed by atoms with Gasteiger partial charge in [0.15, 0.2) is 0 Å². The minimum absolute atomic E-state index is 0.417. The van der Waals surface area contributed by atoms with E-state index < -0.39 is 7.82 Å². The molecule has 0 bridgehead atoms. The second kappa shape index (κ2) is 10.2. The van der Waals surface area contributed by atoms with Gasteiger partial charge in [-0.05, 0) is 25.9 Å². The van der Waals surface area contributed by atoms with Crippen LogP contribution in [0.1, 0.15) is 32.6 Å². The Hall–Kier alpha value is 0.0700. The molecule has 0 aliphatic heterocycles. The maximum absolute atomic E-state index is 11.4. The van der Waals surface area contributed by atoms with Crippen LogP contribution in [0.4, 0.5) is 0 Å². The highest BCUT2D eigenvalue weighted by Gasteiger charge is 2.21. The van der Waals surface area contributed by atoms with Gasteiger partial charge in [-0.15, -0.1) is 0 Å². The lowest BCUT2D eigenvalue weighted by atomic mass is 10.2. The molecule has 0 aliphatic carbocycles. The van der Waals surface area contributed by atoms with Crippen LogP contribution in [0.25, 0.3) is 0 Å². The molecule has 0 aromatic heterocycles. The molecule has 6 heteroatoms. The second-order valence-corrected chi connectivity index (χ2v) is 5.30. The smallest absolute Gasteiger partial charge is 0.317 e. The summed E-state index contributed by atoms with van der Waals surface area (Å²) in [7, 11) is -0.619. The van der Waals surface area contributed by atoms with Gasteiger partial charge in [-0.3, -0.25) is 13.6 Å². The zero-order valence-corrected chi connectivity index (χ0v) is 11.4. The van der Waals surface area contributed by atoms with Gasteiger partial charge in [0, 0.05) is 14.2 Å². The standard InChI is InChI=1S/C10H24NO4P/c1-4-11-9-7-5-6-8-10-15-16(12,13-2)14-3/h11H,4-10H2,1-3H3. The van der Waals surface area contributed by atoms with Crippen molar-refractivity contribution >= 4 is 7.82 Å². The third-order valence-electron chi connectivity index (χ3n) is 2.19. The van der Waals surface area contributed by atoms with E-state index in [-0.39, 0.29) is 0 Å². The van der Waals surface area contributed by atoms with E-state index in [2.05, 4.69) is 21.3 Å².